The minimum atomic E-state index is -0.138. The second-order valence-corrected chi connectivity index (χ2v) is 5.02. The van der Waals surface area contributed by atoms with E-state index in [1.54, 1.807) is 0 Å². The Bertz CT molecular complexity index is 297. The van der Waals surface area contributed by atoms with E-state index in [0.717, 1.165) is 38.9 Å². The van der Waals surface area contributed by atoms with Crippen LogP contribution >= 0.6 is 0 Å². The maximum Gasteiger partial charge on any atom is 0.319 e. The highest BCUT2D eigenvalue weighted by molar-refractivity contribution is 5.71. The smallest absolute Gasteiger partial charge is 0.319 e. The first-order valence-electron chi connectivity index (χ1n) is 6.88. The molecule has 0 saturated carbocycles. The van der Waals surface area contributed by atoms with Crippen LogP contribution in [0.3, 0.4) is 0 Å². The van der Waals surface area contributed by atoms with Crippen LogP contribution in [-0.2, 0) is 14.3 Å². The molecular formula is C14H23NO3. The first kappa shape index (κ1) is 13.6. The monoisotopic (exact) mass is 253 g/mol. The zero-order valence-electron chi connectivity index (χ0n) is 11.1. The van der Waals surface area contributed by atoms with Crippen molar-refractivity contribution < 1.29 is 14.3 Å². The quantitative estimate of drug-likeness (QED) is 0.565. The van der Waals surface area contributed by atoms with Crippen molar-refractivity contribution >= 4 is 5.97 Å². The molecule has 2 rings (SSSR count). The fraction of sp³-hybridized carbons (Fsp3) is 0.786. The summed E-state index contributed by atoms with van der Waals surface area (Å²) in [6.07, 6.45) is 10.0. The molecule has 1 aliphatic carbocycles. The van der Waals surface area contributed by atoms with E-state index < -0.39 is 0 Å². The van der Waals surface area contributed by atoms with Crippen LogP contribution < -0.4 is 0 Å². The third kappa shape index (κ3) is 3.56. The van der Waals surface area contributed by atoms with Gasteiger partial charge in [-0.3, -0.25) is 9.69 Å². The Kier molecular flexibility index (Phi) is 5.20. The first-order valence-corrected chi connectivity index (χ1v) is 6.88. The highest BCUT2D eigenvalue weighted by Crippen LogP contribution is 2.23. The second-order valence-electron chi connectivity index (χ2n) is 5.02. The van der Waals surface area contributed by atoms with Crippen LogP contribution in [0, 0.1) is 0 Å². The molecule has 0 aromatic carbocycles. The Morgan fingerprint density at radius 1 is 1.39 bits per heavy atom. The van der Waals surface area contributed by atoms with Gasteiger partial charge in [-0.05, 0) is 32.1 Å². The molecule has 18 heavy (non-hydrogen) atoms. The summed E-state index contributed by atoms with van der Waals surface area (Å²) in [5.41, 5.74) is 0. The first-order chi connectivity index (χ1) is 8.81. The number of hydrogen-bond donors (Lipinski definition) is 0. The second kappa shape index (κ2) is 6.90. The van der Waals surface area contributed by atoms with Gasteiger partial charge in [0.1, 0.15) is 0 Å². The Labute approximate surface area is 109 Å². The number of hydrogen-bond acceptors (Lipinski definition) is 4. The van der Waals surface area contributed by atoms with Crippen molar-refractivity contribution in [2.75, 3.05) is 26.9 Å². The van der Waals surface area contributed by atoms with Crippen molar-refractivity contribution in [3.8, 4) is 0 Å². The van der Waals surface area contributed by atoms with Crippen LogP contribution in [-0.4, -0.2) is 49.8 Å². The van der Waals surface area contributed by atoms with Crippen LogP contribution in [0.25, 0.3) is 0 Å². The zero-order chi connectivity index (χ0) is 12.8. The minimum Gasteiger partial charge on any atom is -0.468 e. The Hall–Kier alpha value is -0.870. The van der Waals surface area contributed by atoms with Gasteiger partial charge in [0.25, 0.3) is 0 Å². The summed E-state index contributed by atoms with van der Waals surface area (Å²) >= 11 is 0. The molecule has 0 N–H and O–H groups in total. The maximum atomic E-state index is 11.6. The predicted octanol–water partition coefficient (Wildman–Crippen LogP) is 1.75. The number of carbonyl (C=O) groups is 1. The van der Waals surface area contributed by atoms with Crippen LogP contribution in [0.15, 0.2) is 12.2 Å². The van der Waals surface area contributed by atoms with E-state index in [9.17, 15) is 4.79 Å². The summed E-state index contributed by atoms with van der Waals surface area (Å²) in [6.45, 7) is 2.01. The van der Waals surface area contributed by atoms with Crippen LogP contribution in [0.4, 0.5) is 0 Å². The van der Waals surface area contributed by atoms with E-state index in [2.05, 4.69) is 17.1 Å². The molecule has 0 radical (unpaired) electrons. The van der Waals surface area contributed by atoms with Gasteiger partial charge in [-0.1, -0.05) is 12.2 Å². The van der Waals surface area contributed by atoms with Crippen molar-refractivity contribution in [1.82, 2.24) is 4.90 Å². The Morgan fingerprint density at radius 2 is 2.17 bits per heavy atom. The standard InChI is InChI=1S/C14H23NO3/c1-17-14(16)11-15(12-5-3-2-4-6-12)13-7-9-18-10-8-13/h3,5,12-13H,2,4,6-11H2,1H3/t12-/m0/s1. The van der Waals surface area contributed by atoms with Gasteiger partial charge >= 0.3 is 5.97 Å². The lowest BCUT2D eigenvalue weighted by Crippen LogP contribution is -2.48. The molecule has 0 unspecified atom stereocenters. The highest BCUT2D eigenvalue weighted by Gasteiger charge is 2.29. The SMILES string of the molecule is COC(=O)CN(C1CCOCC1)[C@H]1C=CCCC1. The summed E-state index contributed by atoms with van der Waals surface area (Å²) in [4.78, 5) is 13.9. The Balaban J connectivity index is 2.02. The molecule has 0 bridgehead atoms. The largest absolute Gasteiger partial charge is 0.468 e. The van der Waals surface area contributed by atoms with E-state index in [4.69, 9.17) is 9.47 Å². The lowest BCUT2D eigenvalue weighted by Gasteiger charge is -2.39. The molecule has 1 saturated heterocycles. The molecule has 0 aromatic heterocycles. The molecule has 102 valence electrons. The van der Waals surface area contributed by atoms with Crippen LogP contribution in [0.1, 0.15) is 32.1 Å². The molecule has 1 aliphatic heterocycles. The van der Waals surface area contributed by atoms with Crippen molar-refractivity contribution in [2.24, 2.45) is 0 Å². The lowest BCUT2D eigenvalue weighted by molar-refractivity contribution is -0.143. The average Bonchev–Trinajstić information content (AvgIpc) is 2.46. The van der Waals surface area contributed by atoms with Gasteiger partial charge in [-0.25, -0.2) is 0 Å². The van der Waals surface area contributed by atoms with E-state index in [1.807, 2.05) is 0 Å². The molecule has 1 fully saturated rings. The fourth-order valence-electron chi connectivity index (χ4n) is 2.82. The number of ether oxygens (including phenoxy) is 2. The molecule has 0 amide bonds. The molecule has 2 aliphatic rings. The van der Waals surface area contributed by atoms with Gasteiger partial charge in [0.2, 0.25) is 0 Å². The molecule has 0 aromatic rings. The van der Waals surface area contributed by atoms with Crippen molar-refractivity contribution in [3.05, 3.63) is 12.2 Å². The topological polar surface area (TPSA) is 38.8 Å². The van der Waals surface area contributed by atoms with E-state index in [-0.39, 0.29) is 5.97 Å². The number of allylic oxidation sites excluding steroid dienone is 1. The molecule has 4 heteroatoms. The van der Waals surface area contributed by atoms with Crippen LogP contribution in [0.5, 0.6) is 0 Å². The average molecular weight is 253 g/mol. The van der Waals surface area contributed by atoms with Gasteiger partial charge in [0.15, 0.2) is 0 Å². The van der Waals surface area contributed by atoms with Gasteiger partial charge in [-0.2, -0.15) is 0 Å². The third-order valence-corrected chi connectivity index (χ3v) is 3.85. The van der Waals surface area contributed by atoms with Gasteiger partial charge in [0, 0.05) is 25.3 Å². The molecule has 1 heterocycles. The summed E-state index contributed by atoms with van der Waals surface area (Å²) in [5.74, 6) is -0.138. The number of carbonyl (C=O) groups excluding carboxylic acids is 1. The van der Waals surface area contributed by atoms with Crippen LogP contribution in [0.2, 0.25) is 0 Å². The lowest BCUT2D eigenvalue weighted by atomic mass is 9.97. The highest BCUT2D eigenvalue weighted by atomic mass is 16.5. The molecular weight excluding hydrogens is 230 g/mol. The van der Waals surface area contributed by atoms with Crippen molar-refractivity contribution in [2.45, 2.75) is 44.2 Å². The summed E-state index contributed by atoms with van der Waals surface area (Å²) in [5, 5.41) is 0. The molecule has 0 spiro atoms. The summed E-state index contributed by atoms with van der Waals surface area (Å²) in [7, 11) is 1.46. The van der Waals surface area contributed by atoms with E-state index >= 15 is 0 Å². The minimum absolute atomic E-state index is 0.138. The fourth-order valence-corrected chi connectivity index (χ4v) is 2.82. The van der Waals surface area contributed by atoms with Crippen molar-refractivity contribution in [3.63, 3.8) is 0 Å². The summed E-state index contributed by atoms with van der Waals surface area (Å²) in [6, 6.07) is 0.839. The number of rotatable bonds is 4. The van der Waals surface area contributed by atoms with Gasteiger partial charge in [0.05, 0.1) is 13.7 Å². The van der Waals surface area contributed by atoms with Crippen molar-refractivity contribution in [1.29, 1.82) is 0 Å². The molecule has 4 nitrogen and oxygen atoms in total. The third-order valence-electron chi connectivity index (χ3n) is 3.85. The van der Waals surface area contributed by atoms with Gasteiger partial charge < -0.3 is 9.47 Å². The van der Waals surface area contributed by atoms with E-state index in [1.165, 1.54) is 13.5 Å². The number of nitrogens with zero attached hydrogens (tertiary/aromatic N) is 1. The molecule has 1 atom stereocenters. The normalized spacial score (nSPS) is 25.3. The van der Waals surface area contributed by atoms with E-state index in [0.29, 0.717) is 18.6 Å². The summed E-state index contributed by atoms with van der Waals surface area (Å²) < 4.78 is 10.2. The zero-order valence-corrected chi connectivity index (χ0v) is 11.1. The Morgan fingerprint density at radius 3 is 2.78 bits per heavy atom. The maximum absolute atomic E-state index is 11.6. The predicted molar refractivity (Wildman–Crippen MR) is 69.3 cm³/mol. The van der Waals surface area contributed by atoms with Gasteiger partial charge in [-0.15, -0.1) is 0 Å². The number of esters is 1. The number of methoxy groups -OCH3 is 1.